The lowest BCUT2D eigenvalue weighted by Gasteiger charge is -2.37. The second kappa shape index (κ2) is 3.98. The molecule has 1 N–H and O–H groups in total. The van der Waals surface area contributed by atoms with Crippen molar-refractivity contribution in [2.75, 3.05) is 7.11 Å². The maximum atomic E-state index is 13.7. The third-order valence-electron chi connectivity index (χ3n) is 4.09. The van der Waals surface area contributed by atoms with E-state index in [0.717, 1.165) is 12.8 Å². The zero-order chi connectivity index (χ0) is 12.7. The van der Waals surface area contributed by atoms with E-state index in [-0.39, 0.29) is 11.2 Å². The number of hydrogen-bond donors (Lipinski definition) is 1. The van der Waals surface area contributed by atoms with Crippen molar-refractivity contribution in [2.24, 2.45) is 5.41 Å². The fraction of sp³-hybridized carbons (Fsp3) is 0.571. The lowest BCUT2D eigenvalue weighted by Crippen LogP contribution is -2.36. The Bertz CT molecular complexity index is 428. The number of methoxy groups -OCH3 is 1. The first-order valence-electron chi connectivity index (χ1n) is 5.97. The molecule has 1 aliphatic rings. The van der Waals surface area contributed by atoms with Gasteiger partial charge in [-0.15, -0.1) is 0 Å². The van der Waals surface area contributed by atoms with Crippen molar-refractivity contribution in [1.29, 1.82) is 0 Å². The summed E-state index contributed by atoms with van der Waals surface area (Å²) >= 11 is 0. The van der Waals surface area contributed by atoms with E-state index in [1.165, 1.54) is 13.2 Å². The van der Waals surface area contributed by atoms with Gasteiger partial charge in [0.15, 0.2) is 11.6 Å². The average molecular weight is 238 g/mol. The molecule has 1 saturated carbocycles. The van der Waals surface area contributed by atoms with E-state index in [1.54, 1.807) is 12.1 Å². The Kier molecular flexibility index (Phi) is 2.90. The van der Waals surface area contributed by atoms with Gasteiger partial charge in [-0.3, -0.25) is 0 Å². The number of rotatable bonds is 2. The molecule has 2 rings (SSSR count). The van der Waals surface area contributed by atoms with Gasteiger partial charge in [-0.2, -0.15) is 0 Å². The van der Waals surface area contributed by atoms with Gasteiger partial charge in [0.1, 0.15) is 0 Å². The topological polar surface area (TPSA) is 29.5 Å². The van der Waals surface area contributed by atoms with Crippen LogP contribution < -0.4 is 4.74 Å². The van der Waals surface area contributed by atoms with Gasteiger partial charge in [-0.1, -0.05) is 19.9 Å². The van der Waals surface area contributed by atoms with E-state index in [2.05, 4.69) is 0 Å². The zero-order valence-electron chi connectivity index (χ0n) is 10.6. The SMILES string of the molecule is COc1ccc(C2(O)CCCC2(C)C)cc1F. The fourth-order valence-electron chi connectivity index (χ4n) is 2.79. The van der Waals surface area contributed by atoms with Crippen LogP contribution in [-0.4, -0.2) is 12.2 Å². The fourth-order valence-corrected chi connectivity index (χ4v) is 2.79. The van der Waals surface area contributed by atoms with E-state index < -0.39 is 11.4 Å². The molecule has 1 unspecified atom stereocenters. The number of halogens is 1. The summed E-state index contributed by atoms with van der Waals surface area (Å²) in [5, 5.41) is 10.8. The molecule has 94 valence electrons. The molecule has 1 fully saturated rings. The molecule has 0 spiro atoms. The molecule has 0 saturated heterocycles. The summed E-state index contributed by atoms with van der Waals surface area (Å²) in [5.74, 6) is -0.200. The van der Waals surface area contributed by atoms with Crippen molar-refractivity contribution in [1.82, 2.24) is 0 Å². The predicted molar refractivity (Wildman–Crippen MR) is 64.5 cm³/mol. The number of ether oxygens (including phenoxy) is 1. The molecule has 1 aromatic carbocycles. The van der Waals surface area contributed by atoms with Crippen molar-refractivity contribution in [2.45, 2.75) is 38.7 Å². The van der Waals surface area contributed by atoms with Crippen LogP contribution in [0, 0.1) is 11.2 Å². The van der Waals surface area contributed by atoms with Crippen molar-refractivity contribution in [3.8, 4) is 5.75 Å². The predicted octanol–water partition coefficient (Wildman–Crippen LogP) is 3.23. The largest absolute Gasteiger partial charge is 0.494 e. The Morgan fingerprint density at radius 2 is 2.00 bits per heavy atom. The molecule has 0 amide bonds. The molecule has 0 bridgehead atoms. The minimum absolute atomic E-state index is 0.214. The Hall–Kier alpha value is -1.09. The Labute approximate surface area is 101 Å². The molecule has 3 heteroatoms. The monoisotopic (exact) mass is 238 g/mol. The third-order valence-corrected chi connectivity index (χ3v) is 4.09. The van der Waals surface area contributed by atoms with Crippen molar-refractivity contribution in [3.05, 3.63) is 29.6 Å². The first-order chi connectivity index (χ1) is 7.90. The van der Waals surface area contributed by atoms with Gasteiger partial charge >= 0.3 is 0 Å². The van der Waals surface area contributed by atoms with Crippen LogP contribution in [0.5, 0.6) is 5.75 Å². The van der Waals surface area contributed by atoms with Crippen LogP contribution in [0.4, 0.5) is 4.39 Å². The molecule has 1 aromatic rings. The van der Waals surface area contributed by atoms with Gasteiger partial charge in [0, 0.05) is 0 Å². The molecule has 0 aliphatic heterocycles. The van der Waals surface area contributed by atoms with Crippen LogP contribution >= 0.6 is 0 Å². The summed E-state index contributed by atoms with van der Waals surface area (Å²) in [4.78, 5) is 0. The summed E-state index contributed by atoms with van der Waals surface area (Å²) in [6.07, 6.45) is 2.61. The summed E-state index contributed by atoms with van der Waals surface area (Å²) in [6, 6.07) is 4.73. The second-order valence-electron chi connectivity index (χ2n) is 5.45. The Morgan fingerprint density at radius 3 is 2.47 bits per heavy atom. The normalized spacial score (nSPS) is 27.1. The molecule has 17 heavy (non-hydrogen) atoms. The molecule has 0 heterocycles. The van der Waals surface area contributed by atoms with Gasteiger partial charge < -0.3 is 9.84 Å². The lowest BCUT2D eigenvalue weighted by atomic mass is 9.73. The van der Waals surface area contributed by atoms with Crippen LogP contribution in [0.3, 0.4) is 0 Å². The highest BCUT2D eigenvalue weighted by molar-refractivity contribution is 5.34. The standard InChI is InChI=1S/C14H19FO2/c1-13(2)7-4-8-14(13,16)10-5-6-12(17-3)11(15)9-10/h5-6,9,16H,4,7-8H2,1-3H3. The maximum Gasteiger partial charge on any atom is 0.165 e. The first kappa shape index (κ1) is 12.4. The smallest absolute Gasteiger partial charge is 0.165 e. The van der Waals surface area contributed by atoms with E-state index in [4.69, 9.17) is 4.74 Å². The van der Waals surface area contributed by atoms with Crippen LogP contribution in [0.25, 0.3) is 0 Å². The molecule has 0 aromatic heterocycles. The lowest BCUT2D eigenvalue weighted by molar-refractivity contribution is -0.0487. The first-order valence-corrected chi connectivity index (χ1v) is 5.97. The minimum Gasteiger partial charge on any atom is -0.494 e. The molecule has 0 radical (unpaired) electrons. The van der Waals surface area contributed by atoms with E-state index in [0.29, 0.717) is 12.0 Å². The quantitative estimate of drug-likeness (QED) is 0.857. The van der Waals surface area contributed by atoms with Gasteiger partial charge in [-0.05, 0) is 42.4 Å². The zero-order valence-corrected chi connectivity index (χ0v) is 10.6. The highest BCUT2D eigenvalue weighted by Crippen LogP contribution is 2.52. The van der Waals surface area contributed by atoms with Crippen molar-refractivity contribution in [3.63, 3.8) is 0 Å². The number of hydrogen-bond acceptors (Lipinski definition) is 2. The molecular formula is C14H19FO2. The van der Waals surface area contributed by atoms with Crippen molar-refractivity contribution >= 4 is 0 Å². The van der Waals surface area contributed by atoms with Crippen LogP contribution in [0.15, 0.2) is 18.2 Å². The average Bonchev–Trinajstić information content (AvgIpc) is 2.54. The summed E-state index contributed by atoms with van der Waals surface area (Å²) < 4.78 is 18.6. The van der Waals surface area contributed by atoms with Gasteiger partial charge in [0.05, 0.1) is 12.7 Å². The number of benzene rings is 1. The van der Waals surface area contributed by atoms with E-state index >= 15 is 0 Å². The summed E-state index contributed by atoms with van der Waals surface area (Å²) in [7, 11) is 1.44. The van der Waals surface area contributed by atoms with Crippen LogP contribution in [0.1, 0.15) is 38.7 Å². The maximum absolute atomic E-state index is 13.7. The van der Waals surface area contributed by atoms with E-state index in [9.17, 15) is 9.50 Å². The Balaban J connectivity index is 2.44. The van der Waals surface area contributed by atoms with Gasteiger partial charge in [0.25, 0.3) is 0 Å². The third kappa shape index (κ3) is 1.82. The summed E-state index contributed by atoms with van der Waals surface area (Å²) in [5.41, 5.74) is -0.493. The van der Waals surface area contributed by atoms with Crippen LogP contribution in [-0.2, 0) is 5.60 Å². The Morgan fingerprint density at radius 1 is 1.29 bits per heavy atom. The molecular weight excluding hydrogens is 219 g/mol. The molecule has 2 nitrogen and oxygen atoms in total. The summed E-state index contributed by atoms with van der Waals surface area (Å²) in [6.45, 7) is 4.06. The highest BCUT2D eigenvalue weighted by atomic mass is 19.1. The van der Waals surface area contributed by atoms with Gasteiger partial charge in [-0.25, -0.2) is 4.39 Å². The van der Waals surface area contributed by atoms with Crippen molar-refractivity contribution < 1.29 is 14.2 Å². The second-order valence-corrected chi connectivity index (χ2v) is 5.45. The molecule has 1 atom stereocenters. The molecule has 1 aliphatic carbocycles. The highest BCUT2D eigenvalue weighted by Gasteiger charge is 2.48. The van der Waals surface area contributed by atoms with Gasteiger partial charge in [0.2, 0.25) is 0 Å². The minimum atomic E-state index is -0.930. The van der Waals surface area contributed by atoms with Crippen LogP contribution in [0.2, 0.25) is 0 Å². The van der Waals surface area contributed by atoms with E-state index in [1.807, 2.05) is 13.8 Å². The number of aliphatic hydroxyl groups is 1.